The average molecular weight is 453 g/mol. The Morgan fingerprint density at radius 2 is 1.78 bits per heavy atom. The van der Waals surface area contributed by atoms with Crippen molar-refractivity contribution >= 4 is 34.4 Å². The monoisotopic (exact) mass is 452 g/mol. The maximum absolute atomic E-state index is 13.1. The van der Waals surface area contributed by atoms with Crippen LogP contribution in [0.4, 0.5) is 0 Å². The molecule has 0 spiro atoms. The van der Waals surface area contributed by atoms with E-state index in [4.69, 9.17) is 16.3 Å². The summed E-state index contributed by atoms with van der Waals surface area (Å²) >= 11 is 5.92. The zero-order valence-corrected chi connectivity index (χ0v) is 18.4. The van der Waals surface area contributed by atoms with E-state index in [1.54, 1.807) is 24.3 Å². The van der Waals surface area contributed by atoms with Crippen LogP contribution >= 0.6 is 11.6 Å². The van der Waals surface area contributed by atoms with E-state index in [0.717, 1.165) is 37.5 Å². The third-order valence-electron chi connectivity index (χ3n) is 5.79. The van der Waals surface area contributed by atoms with Gasteiger partial charge in [0.15, 0.2) is 0 Å². The van der Waals surface area contributed by atoms with Gasteiger partial charge in [-0.15, -0.1) is 0 Å². The SMILES string of the molecule is O=C(NC(Cc1cc(=O)[nH]c2ccccc12)C(=O)OC1CCCCC1)c1ccc(Cl)cc1. The molecule has 1 fully saturated rings. The van der Waals surface area contributed by atoms with E-state index in [1.807, 2.05) is 24.3 Å². The normalized spacial score (nSPS) is 15.3. The van der Waals surface area contributed by atoms with Gasteiger partial charge in [-0.3, -0.25) is 9.59 Å². The molecule has 6 nitrogen and oxygen atoms in total. The van der Waals surface area contributed by atoms with Crippen LogP contribution in [0.25, 0.3) is 10.9 Å². The van der Waals surface area contributed by atoms with Crippen LogP contribution in [0, 0.1) is 0 Å². The number of rotatable bonds is 6. The molecule has 1 aliphatic carbocycles. The molecule has 1 aliphatic rings. The van der Waals surface area contributed by atoms with Gasteiger partial charge in [0.25, 0.3) is 5.91 Å². The minimum atomic E-state index is -0.926. The van der Waals surface area contributed by atoms with Crippen LogP contribution in [-0.2, 0) is 16.0 Å². The van der Waals surface area contributed by atoms with E-state index >= 15 is 0 Å². The van der Waals surface area contributed by atoms with Crippen LogP contribution in [0.1, 0.15) is 48.0 Å². The average Bonchev–Trinajstić information content (AvgIpc) is 2.79. The van der Waals surface area contributed by atoms with Crippen LogP contribution < -0.4 is 10.9 Å². The first-order chi connectivity index (χ1) is 15.5. The van der Waals surface area contributed by atoms with Gasteiger partial charge in [-0.05, 0) is 61.6 Å². The summed E-state index contributed by atoms with van der Waals surface area (Å²) in [5, 5.41) is 4.15. The summed E-state index contributed by atoms with van der Waals surface area (Å²) in [6, 6.07) is 14.4. The van der Waals surface area contributed by atoms with Crippen molar-refractivity contribution in [3.63, 3.8) is 0 Å². The first-order valence-electron chi connectivity index (χ1n) is 10.9. The van der Waals surface area contributed by atoms with E-state index in [0.29, 0.717) is 21.7 Å². The lowest BCUT2D eigenvalue weighted by Crippen LogP contribution is -2.44. The van der Waals surface area contributed by atoms with Gasteiger partial charge >= 0.3 is 5.97 Å². The number of nitrogens with one attached hydrogen (secondary N) is 2. The minimum Gasteiger partial charge on any atom is -0.461 e. The van der Waals surface area contributed by atoms with Gasteiger partial charge in [0.05, 0.1) is 0 Å². The number of hydrogen-bond donors (Lipinski definition) is 2. The van der Waals surface area contributed by atoms with Crippen molar-refractivity contribution in [2.24, 2.45) is 0 Å². The number of para-hydroxylation sites is 1. The van der Waals surface area contributed by atoms with E-state index in [9.17, 15) is 14.4 Å². The summed E-state index contributed by atoms with van der Waals surface area (Å²) in [5.41, 5.74) is 1.48. The van der Waals surface area contributed by atoms with E-state index in [1.165, 1.54) is 6.07 Å². The van der Waals surface area contributed by atoms with Crippen molar-refractivity contribution in [1.82, 2.24) is 10.3 Å². The highest BCUT2D eigenvalue weighted by Crippen LogP contribution is 2.22. The number of carbonyl (C=O) groups excluding carboxylic acids is 2. The molecular formula is C25H25ClN2O4. The molecule has 4 rings (SSSR count). The quantitative estimate of drug-likeness (QED) is 0.542. The molecule has 32 heavy (non-hydrogen) atoms. The summed E-state index contributed by atoms with van der Waals surface area (Å²) in [5.74, 6) is -0.884. The second kappa shape index (κ2) is 10.0. The number of carbonyl (C=O) groups is 2. The number of pyridine rings is 1. The number of aromatic amines is 1. The van der Waals surface area contributed by atoms with Crippen molar-refractivity contribution < 1.29 is 14.3 Å². The number of hydrogen-bond acceptors (Lipinski definition) is 4. The van der Waals surface area contributed by atoms with Crippen molar-refractivity contribution in [3.8, 4) is 0 Å². The lowest BCUT2D eigenvalue weighted by atomic mass is 9.97. The molecular weight excluding hydrogens is 428 g/mol. The third kappa shape index (κ3) is 5.37. The predicted octanol–water partition coefficient (Wildman–Crippen LogP) is 4.40. The zero-order chi connectivity index (χ0) is 22.5. The maximum Gasteiger partial charge on any atom is 0.329 e. The van der Waals surface area contributed by atoms with Gasteiger partial charge < -0.3 is 15.0 Å². The molecule has 7 heteroatoms. The molecule has 0 aliphatic heterocycles. The van der Waals surface area contributed by atoms with Crippen molar-refractivity contribution in [3.05, 3.63) is 81.1 Å². The fraction of sp³-hybridized carbons (Fsp3) is 0.320. The largest absolute Gasteiger partial charge is 0.461 e. The summed E-state index contributed by atoms with van der Waals surface area (Å²) in [6.45, 7) is 0. The van der Waals surface area contributed by atoms with E-state index < -0.39 is 17.9 Å². The van der Waals surface area contributed by atoms with Crippen LogP contribution in [-0.4, -0.2) is 29.0 Å². The molecule has 1 saturated carbocycles. The Hall–Kier alpha value is -3.12. The van der Waals surface area contributed by atoms with Crippen LogP contribution in [0.3, 0.4) is 0 Å². The number of H-pyrrole nitrogens is 1. The van der Waals surface area contributed by atoms with Gasteiger partial charge in [0.2, 0.25) is 5.56 Å². The Morgan fingerprint density at radius 3 is 2.53 bits per heavy atom. The summed E-state index contributed by atoms with van der Waals surface area (Å²) in [4.78, 5) is 40.9. The molecule has 166 valence electrons. The second-order valence-electron chi connectivity index (χ2n) is 8.14. The van der Waals surface area contributed by atoms with Gasteiger partial charge in [0.1, 0.15) is 12.1 Å². The first-order valence-corrected chi connectivity index (χ1v) is 11.3. The Labute approximate surface area is 190 Å². The van der Waals surface area contributed by atoms with Gasteiger partial charge in [0, 0.05) is 34.0 Å². The highest BCUT2D eigenvalue weighted by Gasteiger charge is 2.27. The van der Waals surface area contributed by atoms with E-state index in [2.05, 4.69) is 10.3 Å². The molecule has 1 atom stereocenters. The number of fused-ring (bicyclic) bond motifs is 1. The molecule has 2 N–H and O–H groups in total. The van der Waals surface area contributed by atoms with Crippen molar-refractivity contribution in [2.45, 2.75) is 50.7 Å². The molecule has 1 amide bonds. The van der Waals surface area contributed by atoms with E-state index in [-0.39, 0.29) is 18.1 Å². The van der Waals surface area contributed by atoms with Gasteiger partial charge in [-0.1, -0.05) is 36.2 Å². The Morgan fingerprint density at radius 1 is 1.06 bits per heavy atom. The Balaban J connectivity index is 1.61. The van der Waals surface area contributed by atoms with Crippen LogP contribution in [0.5, 0.6) is 0 Å². The topological polar surface area (TPSA) is 88.3 Å². The maximum atomic E-state index is 13.1. The summed E-state index contributed by atoms with van der Waals surface area (Å²) in [6.07, 6.45) is 4.87. The third-order valence-corrected chi connectivity index (χ3v) is 6.04. The van der Waals surface area contributed by atoms with Crippen LogP contribution in [0.15, 0.2) is 59.4 Å². The number of ether oxygens (including phenoxy) is 1. The van der Waals surface area contributed by atoms with Crippen molar-refractivity contribution in [1.29, 1.82) is 0 Å². The molecule has 0 bridgehead atoms. The van der Waals surface area contributed by atoms with Crippen molar-refractivity contribution in [2.75, 3.05) is 0 Å². The smallest absolute Gasteiger partial charge is 0.329 e. The molecule has 0 radical (unpaired) electrons. The highest BCUT2D eigenvalue weighted by atomic mass is 35.5. The second-order valence-corrected chi connectivity index (χ2v) is 8.57. The predicted molar refractivity (Wildman–Crippen MR) is 124 cm³/mol. The van der Waals surface area contributed by atoms with Gasteiger partial charge in [-0.2, -0.15) is 0 Å². The highest BCUT2D eigenvalue weighted by molar-refractivity contribution is 6.30. The zero-order valence-electron chi connectivity index (χ0n) is 17.6. The number of halogens is 1. The fourth-order valence-corrected chi connectivity index (χ4v) is 4.26. The molecule has 0 saturated heterocycles. The molecule has 3 aromatic rings. The number of esters is 1. The molecule has 1 unspecified atom stereocenters. The molecule has 1 aromatic heterocycles. The Kier molecular flexibility index (Phi) is 6.90. The van der Waals surface area contributed by atoms with Gasteiger partial charge in [-0.25, -0.2) is 4.79 Å². The lowest BCUT2D eigenvalue weighted by molar-refractivity contribution is -0.152. The number of benzene rings is 2. The molecule has 2 aromatic carbocycles. The lowest BCUT2D eigenvalue weighted by Gasteiger charge is -2.25. The summed E-state index contributed by atoms with van der Waals surface area (Å²) in [7, 11) is 0. The number of amides is 1. The first kappa shape index (κ1) is 22.1. The van der Waals surface area contributed by atoms with Crippen LogP contribution in [0.2, 0.25) is 5.02 Å². The summed E-state index contributed by atoms with van der Waals surface area (Å²) < 4.78 is 5.76. The fourth-order valence-electron chi connectivity index (χ4n) is 4.13. The number of aromatic nitrogens is 1. The molecule has 1 heterocycles. The Bertz CT molecular complexity index is 1170. The standard InChI is InChI=1S/C25H25ClN2O4/c26-18-12-10-16(11-13-18)24(30)28-22(25(31)32-19-6-2-1-3-7-19)14-17-15-23(29)27-21-9-5-4-8-20(17)21/h4-5,8-13,15,19,22H,1-3,6-7,14H2,(H,27,29)(H,28,30). The minimum absolute atomic E-state index is 0.137.